The van der Waals surface area contributed by atoms with Gasteiger partial charge in [-0.1, -0.05) is 45.4 Å². The molecule has 0 aromatic rings. The van der Waals surface area contributed by atoms with E-state index in [2.05, 4.69) is 6.92 Å². The maximum Gasteiger partial charge on any atom is 0.305 e. The molecule has 1 fully saturated rings. The zero-order valence-electron chi connectivity index (χ0n) is 16.8. The van der Waals surface area contributed by atoms with Crippen LogP contribution in [0.1, 0.15) is 90.9 Å². The average Bonchev–Trinajstić information content (AvgIpc) is 2.96. The summed E-state index contributed by atoms with van der Waals surface area (Å²) in [6.45, 7) is 4.48. The topological polar surface area (TPSA) is 66.8 Å². The highest BCUT2D eigenvalue weighted by Crippen LogP contribution is 2.38. The summed E-state index contributed by atoms with van der Waals surface area (Å²) < 4.78 is 4.94. The molecular formula is C21H40O4S. The van der Waals surface area contributed by atoms with E-state index in [0.29, 0.717) is 24.2 Å². The first-order valence-electron chi connectivity index (χ1n) is 10.7. The normalized spacial score (nSPS) is 23.9. The Morgan fingerprint density at radius 3 is 2.62 bits per heavy atom. The van der Waals surface area contributed by atoms with Crippen molar-refractivity contribution in [2.75, 3.05) is 12.4 Å². The van der Waals surface area contributed by atoms with E-state index in [1.807, 2.05) is 18.7 Å². The van der Waals surface area contributed by atoms with Crippen LogP contribution in [0, 0.1) is 5.92 Å². The van der Waals surface area contributed by atoms with Gasteiger partial charge in [-0.2, -0.15) is 11.8 Å². The number of thioether (sulfide) groups is 1. The highest BCUT2D eigenvalue weighted by Gasteiger charge is 2.34. The van der Waals surface area contributed by atoms with Crippen molar-refractivity contribution in [1.29, 1.82) is 0 Å². The zero-order valence-corrected chi connectivity index (χ0v) is 17.6. The molecule has 0 aliphatic heterocycles. The summed E-state index contributed by atoms with van der Waals surface area (Å²) >= 11 is 1.87. The van der Waals surface area contributed by atoms with Crippen LogP contribution in [-0.2, 0) is 9.53 Å². The summed E-state index contributed by atoms with van der Waals surface area (Å²) in [5, 5.41) is 20.9. The van der Waals surface area contributed by atoms with E-state index in [0.717, 1.165) is 63.5 Å². The SMILES string of the molecule is CCCCCC(O)CSC1CCC(O)C1CCCCCCC(=O)OCC. The summed E-state index contributed by atoms with van der Waals surface area (Å²) in [6.07, 6.45) is 11.7. The van der Waals surface area contributed by atoms with E-state index in [9.17, 15) is 15.0 Å². The van der Waals surface area contributed by atoms with Gasteiger partial charge in [0.2, 0.25) is 0 Å². The van der Waals surface area contributed by atoms with Gasteiger partial charge >= 0.3 is 5.97 Å². The van der Waals surface area contributed by atoms with Crippen LogP contribution < -0.4 is 0 Å². The minimum Gasteiger partial charge on any atom is -0.466 e. The first-order chi connectivity index (χ1) is 12.6. The number of hydrogen-bond acceptors (Lipinski definition) is 5. The molecule has 0 radical (unpaired) electrons. The summed E-state index contributed by atoms with van der Waals surface area (Å²) in [5.41, 5.74) is 0. The van der Waals surface area contributed by atoms with Crippen LogP contribution in [0.25, 0.3) is 0 Å². The molecule has 1 saturated carbocycles. The van der Waals surface area contributed by atoms with Crippen LogP contribution >= 0.6 is 11.8 Å². The Hall–Kier alpha value is -0.260. The van der Waals surface area contributed by atoms with Crippen molar-refractivity contribution in [3.63, 3.8) is 0 Å². The number of carbonyl (C=O) groups is 1. The Morgan fingerprint density at radius 2 is 1.88 bits per heavy atom. The molecular weight excluding hydrogens is 348 g/mol. The van der Waals surface area contributed by atoms with Crippen molar-refractivity contribution in [3.05, 3.63) is 0 Å². The second-order valence-corrected chi connectivity index (χ2v) is 8.86. The summed E-state index contributed by atoms with van der Waals surface area (Å²) in [6, 6.07) is 0. The lowest BCUT2D eigenvalue weighted by atomic mass is 9.97. The van der Waals surface area contributed by atoms with Crippen molar-refractivity contribution in [3.8, 4) is 0 Å². The monoisotopic (exact) mass is 388 g/mol. The molecule has 0 amide bonds. The third-order valence-electron chi connectivity index (χ3n) is 5.34. The fourth-order valence-corrected chi connectivity index (χ4v) is 5.28. The summed E-state index contributed by atoms with van der Waals surface area (Å²) in [4.78, 5) is 11.3. The Labute approximate surface area is 164 Å². The van der Waals surface area contributed by atoms with Crippen LogP contribution in [-0.4, -0.2) is 46.0 Å². The molecule has 5 heteroatoms. The maximum absolute atomic E-state index is 11.3. The number of aliphatic hydroxyl groups excluding tert-OH is 2. The van der Waals surface area contributed by atoms with Crippen LogP contribution in [0.5, 0.6) is 0 Å². The predicted molar refractivity (Wildman–Crippen MR) is 109 cm³/mol. The molecule has 4 atom stereocenters. The Bertz CT molecular complexity index is 364. The summed E-state index contributed by atoms with van der Waals surface area (Å²) in [5.74, 6) is 1.08. The highest BCUT2D eigenvalue weighted by molar-refractivity contribution is 7.99. The minimum atomic E-state index is -0.201. The standard InChI is InChI=1S/C21H40O4S/c1-3-5-8-11-17(22)16-26-20-15-14-19(23)18(20)12-9-6-7-10-13-21(24)25-4-2/h17-20,22-23H,3-16H2,1-2H3. The van der Waals surface area contributed by atoms with Gasteiger partial charge in [0, 0.05) is 17.4 Å². The molecule has 1 aliphatic carbocycles. The van der Waals surface area contributed by atoms with Crippen LogP contribution in [0.15, 0.2) is 0 Å². The molecule has 2 N–H and O–H groups in total. The van der Waals surface area contributed by atoms with Gasteiger partial charge in [-0.05, 0) is 44.9 Å². The largest absolute Gasteiger partial charge is 0.466 e. The van der Waals surface area contributed by atoms with E-state index < -0.39 is 0 Å². The molecule has 4 unspecified atom stereocenters. The van der Waals surface area contributed by atoms with E-state index in [1.54, 1.807) is 0 Å². The van der Waals surface area contributed by atoms with Gasteiger partial charge in [-0.3, -0.25) is 4.79 Å². The lowest BCUT2D eigenvalue weighted by Gasteiger charge is -2.23. The van der Waals surface area contributed by atoms with Gasteiger partial charge in [0.25, 0.3) is 0 Å². The molecule has 0 aromatic heterocycles. The molecule has 4 nitrogen and oxygen atoms in total. The van der Waals surface area contributed by atoms with Crippen molar-refractivity contribution in [2.45, 2.75) is 108 Å². The van der Waals surface area contributed by atoms with E-state index >= 15 is 0 Å². The van der Waals surface area contributed by atoms with Crippen molar-refractivity contribution in [2.24, 2.45) is 5.92 Å². The quantitative estimate of drug-likeness (QED) is 0.314. The molecule has 154 valence electrons. The van der Waals surface area contributed by atoms with Crippen molar-refractivity contribution in [1.82, 2.24) is 0 Å². The smallest absolute Gasteiger partial charge is 0.305 e. The van der Waals surface area contributed by atoms with E-state index in [-0.39, 0.29) is 18.2 Å². The predicted octanol–water partition coefficient (Wildman–Crippen LogP) is 4.70. The first kappa shape index (κ1) is 23.8. The molecule has 0 aromatic carbocycles. The van der Waals surface area contributed by atoms with Gasteiger partial charge < -0.3 is 14.9 Å². The van der Waals surface area contributed by atoms with Crippen molar-refractivity contribution < 1.29 is 19.7 Å². The minimum absolute atomic E-state index is 0.0901. The molecule has 1 rings (SSSR count). The lowest BCUT2D eigenvalue weighted by molar-refractivity contribution is -0.143. The number of rotatable bonds is 15. The Kier molecular flexibility index (Phi) is 13.5. The van der Waals surface area contributed by atoms with Gasteiger partial charge in [0.15, 0.2) is 0 Å². The van der Waals surface area contributed by atoms with Crippen LogP contribution in [0.3, 0.4) is 0 Å². The fourth-order valence-electron chi connectivity index (χ4n) is 3.78. The summed E-state index contributed by atoms with van der Waals surface area (Å²) in [7, 11) is 0. The number of hydrogen-bond donors (Lipinski definition) is 2. The number of ether oxygens (including phenoxy) is 1. The second-order valence-electron chi connectivity index (χ2n) is 7.59. The first-order valence-corrected chi connectivity index (χ1v) is 11.8. The van der Waals surface area contributed by atoms with Crippen LogP contribution in [0.4, 0.5) is 0 Å². The van der Waals surface area contributed by atoms with Gasteiger partial charge in [0.05, 0.1) is 18.8 Å². The van der Waals surface area contributed by atoms with Crippen molar-refractivity contribution >= 4 is 17.7 Å². The van der Waals surface area contributed by atoms with Gasteiger partial charge in [-0.25, -0.2) is 0 Å². The number of unbranched alkanes of at least 4 members (excludes halogenated alkanes) is 5. The van der Waals surface area contributed by atoms with Gasteiger partial charge in [-0.15, -0.1) is 0 Å². The number of carbonyl (C=O) groups excluding carboxylic acids is 1. The highest BCUT2D eigenvalue weighted by atomic mass is 32.2. The molecule has 26 heavy (non-hydrogen) atoms. The zero-order chi connectivity index (χ0) is 19.2. The molecule has 0 saturated heterocycles. The third-order valence-corrected chi connectivity index (χ3v) is 6.93. The third kappa shape index (κ3) is 10.2. The van der Waals surface area contributed by atoms with E-state index in [1.165, 1.54) is 12.8 Å². The number of aliphatic hydroxyl groups is 2. The van der Waals surface area contributed by atoms with E-state index in [4.69, 9.17) is 4.74 Å². The fraction of sp³-hybridized carbons (Fsp3) is 0.952. The van der Waals surface area contributed by atoms with Gasteiger partial charge in [0.1, 0.15) is 0 Å². The Morgan fingerprint density at radius 1 is 1.12 bits per heavy atom. The molecule has 0 bridgehead atoms. The maximum atomic E-state index is 11.3. The molecule has 1 aliphatic rings. The lowest BCUT2D eigenvalue weighted by Crippen LogP contribution is -2.22. The molecule has 0 spiro atoms. The average molecular weight is 389 g/mol. The second kappa shape index (κ2) is 14.8. The number of esters is 1. The Balaban J connectivity index is 2.15. The molecule has 0 heterocycles. The van der Waals surface area contributed by atoms with Crippen LogP contribution in [0.2, 0.25) is 0 Å².